The lowest BCUT2D eigenvalue weighted by atomic mass is 10.2. The standard InChI is InChI=1S/C6H10O4/c1-4(7)9-3-5-2-6(8)10-5/h5-6,8H,2-3H2,1H3. The van der Waals surface area contributed by atoms with E-state index in [2.05, 4.69) is 4.74 Å². The van der Waals surface area contributed by atoms with Crippen LogP contribution in [0.25, 0.3) is 0 Å². The van der Waals surface area contributed by atoms with Gasteiger partial charge in [0.25, 0.3) is 0 Å². The molecule has 1 aliphatic heterocycles. The Balaban J connectivity index is 2.00. The summed E-state index contributed by atoms with van der Waals surface area (Å²) in [6.07, 6.45) is -0.188. The molecule has 1 heterocycles. The number of carbonyl (C=O) groups excluding carboxylic acids is 1. The molecule has 2 unspecified atom stereocenters. The highest BCUT2D eigenvalue weighted by Crippen LogP contribution is 2.17. The minimum atomic E-state index is -0.652. The van der Waals surface area contributed by atoms with Crippen molar-refractivity contribution in [3.63, 3.8) is 0 Å². The predicted molar refractivity (Wildman–Crippen MR) is 32.1 cm³/mol. The van der Waals surface area contributed by atoms with Crippen LogP contribution in [0.1, 0.15) is 13.3 Å². The molecule has 4 heteroatoms. The summed E-state index contributed by atoms with van der Waals surface area (Å²) < 4.78 is 9.39. The van der Waals surface area contributed by atoms with Gasteiger partial charge in [0.2, 0.25) is 0 Å². The van der Waals surface area contributed by atoms with Crippen molar-refractivity contribution in [1.82, 2.24) is 0 Å². The van der Waals surface area contributed by atoms with E-state index in [0.717, 1.165) is 0 Å². The van der Waals surface area contributed by atoms with Gasteiger partial charge < -0.3 is 14.6 Å². The molecule has 0 aromatic carbocycles. The summed E-state index contributed by atoms with van der Waals surface area (Å²) in [6.45, 7) is 1.60. The Bertz CT molecular complexity index is 128. The zero-order valence-electron chi connectivity index (χ0n) is 5.74. The van der Waals surface area contributed by atoms with E-state index in [1.165, 1.54) is 6.92 Å². The van der Waals surface area contributed by atoms with E-state index in [4.69, 9.17) is 9.84 Å². The largest absolute Gasteiger partial charge is 0.463 e. The highest BCUT2D eigenvalue weighted by molar-refractivity contribution is 5.65. The maximum Gasteiger partial charge on any atom is 0.302 e. The molecule has 2 atom stereocenters. The summed E-state index contributed by atoms with van der Waals surface area (Å²) in [5.41, 5.74) is 0. The van der Waals surface area contributed by atoms with Crippen molar-refractivity contribution in [2.24, 2.45) is 0 Å². The van der Waals surface area contributed by atoms with Crippen LogP contribution < -0.4 is 0 Å². The predicted octanol–water partition coefficient (Wildman–Crippen LogP) is -0.343. The van der Waals surface area contributed by atoms with Gasteiger partial charge in [-0.15, -0.1) is 0 Å². The van der Waals surface area contributed by atoms with Crippen LogP contribution in [-0.2, 0) is 14.3 Å². The van der Waals surface area contributed by atoms with E-state index >= 15 is 0 Å². The first-order valence-corrected chi connectivity index (χ1v) is 3.15. The lowest BCUT2D eigenvalue weighted by Gasteiger charge is -2.31. The first kappa shape index (κ1) is 7.50. The maximum absolute atomic E-state index is 10.2. The van der Waals surface area contributed by atoms with E-state index in [1.54, 1.807) is 0 Å². The molecule has 10 heavy (non-hydrogen) atoms. The first-order chi connectivity index (χ1) is 4.68. The number of aliphatic hydroxyl groups is 1. The Morgan fingerprint density at radius 1 is 1.90 bits per heavy atom. The maximum atomic E-state index is 10.2. The molecule has 1 saturated heterocycles. The van der Waals surface area contributed by atoms with Crippen LogP contribution in [0, 0.1) is 0 Å². The highest BCUT2D eigenvalue weighted by Gasteiger charge is 2.28. The van der Waals surface area contributed by atoms with Gasteiger partial charge in [0.05, 0.1) is 6.10 Å². The molecular formula is C6H10O4. The second-order valence-electron chi connectivity index (χ2n) is 2.25. The topological polar surface area (TPSA) is 55.8 Å². The summed E-state index contributed by atoms with van der Waals surface area (Å²) in [5.74, 6) is -0.315. The van der Waals surface area contributed by atoms with E-state index < -0.39 is 6.29 Å². The van der Waals surface area contributed by atoms with E-state index in [1.807, 2.05) is 0 Å². The van der Waals surface area contributed by atoms with Crippen LogP contribution in [0.15, 0.2) is 0 Å². The highest BCUT2D eigenvalue weighted by atomic mass is 16.6. The number of aliphatic hydroxyl groups excluding tert-OH is 1. The molecule has 4 nitrogen and oxygen atoms in total. The lowest BCUT2D eigenvalue weighted by Crippen LogP contribution is -2.40. The molecule has 0 bridgehead atoms. The molecule has 58 valence electrons. The van der Waals surface area contributed by atoms with Crippen LogP contribution in [-0.4, -0.2) is 30.1 Å². The molecule has 0 aromatic rings. The molecule has 0 saturated carbocycles. The fourth-order valence-electron chi connectivity index (χ4n) is 0.754. The zero-order chi connectivity index (χ0) is 7.56. The van der Waals surface area contributed by atoms with Gasteiger partial charge in [0.15, 0.2) is 6.29 Å². The summed E-state index contributed by atoms with van der Waals surface area (Å²) in [7, 11) is 0. The lowest BCUT2D eigenvalue weighted by molar-refractivity contribution is -0.243. The van der Waals surface area contributed by atoms with Gasteiger partial charge in [-0.1, -0.05) is 0 Å². The summed E-state index contributed by atoms with van der Waals surface area (Å²) in [4.78, 5) is 10.2. The molecular weight excluding hydrogens is 136 g/mol. The molecule has 0 aromatic heterocycles. The summed E-state index contributed by atoms with van der Waals surface area (Å²) >= 11 is 0. The number of rotatable bonds is 2. The quantitative estimate of drug-likeness (QED) is 0.541. The van der Waals surface area contributed by atoms with Crippen molar-refractivity contribution in [2.45, 2.75) is 25.7 Å². The number of esters is 1. The third kappa shape index (κ3) is 1.97. The summed E-state index contributed by atoms with van der Waals surface area (Å²) in [5, 5.41) is 8.62. The molecule has 1 rings (SSSR count). The number of hydrogen-bond donors (Lipinski definition) is 1. The third-order valence-corrected chi connectivity index (χ3v) is 1.29. The fraction of sp³-hybridized carbons (Fsp3) is 0.833. The van der Waals surface area contributed by atoms with Gasteiger partial charge in [-0.3, -0.25) is 4.79 Å². The minimum absolute atomic E-state index is 0.0982. The number of carbonyl (C=O) groups is 1. The Kier molecular flexibility index (Phi) is 2.24. The Morgan fingerprint density at radius 3 is 2.90 bits per heavy atom. The van der Waals surface area contributed by atoms with Crippen molar-refractivity contribution in [3.8, 4) is 0 Å². The molecule has 1 fully saturated rings. The summed E-state index contributed by atoms with van der Waals surface area (Å²) in [6, 6.07) is 0. The second-order valence-corrected chi connectivity index (χ2v) is 2.25. The fourth-order valence-corrected chi connectivity index (χ4v) is 0.754. The minimum Gasteiger partial charge on any atom is -0.463 e. The second kappa shape index (κ2) is 2.98. The molecule has 1 aliphatic rings. The molecule has 0 spiro atoms. The van der Waals surface area contributed by atoms with Crippen LogP contribution >= 0.6 is 0 Å². The molecule has 0 aliphatic carbocycles. The van der Waals surface area contributed by atoms with E-state index in [0.29, 0.717) is 6.42 Å². The van der Waals surface area contributed by atoms with Gasteiger partial charge in [-0.05, 0) is 0 Å². The molecule has 0 radical (unpaired) electrons. The van der Waals surface area contributed by atoms with Crippen molar-refractivity contribution < 1.29 is 19.4 Å². The van der Waals surface area contributed by atoms with Gasteiger partial charge in [-0.2, -0.15) is 0 Å². The monoisotopic (exact) mass is 146 g/mol. The average Bonchev–Trinajstić information content (AvgIpc) is 1.77. The van der Waals surface area contributed by atoms with Gasteiger partial charge in [0.1, 0.15) is 6.61 Å². The van der Waals surface area contributed by atoms with Crippen LogP contribution in [0.2, 0.25) is 0 Å². The third-order valence-electron chi connectivity index (χ3n) is 1.29. The average molecular weight is 146 g/mol. The van der Waals surface area contributed by atoms with Crippen molar-refractivity contribution in [2.75, 3.05) is 6.61 Å². The van der Waals surface area contributed by atoms with Gasteiger partial charge in [0, 0.05) is 13.3 Å². The van der Waals surface area contributed by atoms with Gasteiger partial charge >= 0.3 is 5.97 Å². The number of hydrogen-bond acceptors (Lipinski definition) is 4. The van der Waals surface area contributed by atoms with Crippen LogP contribution in [0.3, 0.4) is 0 Å². The van der Waals surface area contributed by atoms with E-state index in [9.17, 15) is 4.79 Å². The van der Waals surface area contributed by atoms with Crippen molar-refractivity contribution in [3.05, 3.63) is 0 Å². The van der Waals surface area contributed by atoms with Crippen LogP contribution in [0.5, 0.6) is 0 Å². The first-order valence-electron chi connectivity index (χ1n) is 3.15. The smallest absolute Gasteiger partial charge is 0.302 e. The van der Waals surface area contributed by atoms with E-state index in [-0.39, 0.29) is 18.7 Å². The SMILES string of the molecule is CC(=O)OCC1CC(O)O1. The zero-order valence-corrected chi connectivity index (χ0v) is 5.74. The Hall–Kier alpha value is -0.610. The van der Waals surface area contributed by atoms with Gasteiger partial charge in [-0.25, -0.2) is 0 Å². The van der Waals surface area contributed by atoms with Crippen LogP contribution in [0.4, 0.5) is 0 Å². The normalized spacial score (nSPS) is 31.0. The Labute approximate surface area is 58.7 Å². The van der Waals surface area contributed by atoms with Crippen molar-refractivity contribution >= 4 is 5.97 Å². The Morgan fingerprint density at radius 2 is 2.50 bits per heavy atom. The number of ether oxygens (including phenoxy) is 2. The van der Waals surface area contributed by atoms with Crippen molar-refractivity contribution in [1.29, 1.82) is 0 Å². The molecule has 0 amide bonds. The molecule has 1 N–H and O–H groups in total.